The number of hydrogen-bond acceptors (Lipinski definition) is 4. The van der Waals surface area contributed by atoms with E-state index in [0.29, 0.717) is 32.2 Å². The van der Waals surface area contributed by atoms with Crippen LogP contribution in [0, 0.1) is 11.8 Å². The first-order valence-electron chi connectivity index (χ1n) is 11.7. The Labute approximate surface area is 201 Å². The van der Waals surface area contributed by atoms with Crippen molar-refractivity contribution in [2.45, 2.75) is 37.5 Å². The lowest BCUT2D eigenvalue weighted by atomic mass is 9.81. The molecule has 0 aromatic heterocycles. The molecule has 7 nitrogen and oxygen atoms in total. The first-order valence-corrected chi connectivity index (χ1v) is 11.7. The number of alkyl halides is 2. The van der Waals surface area contributed by atoms with Crippen molar-refractivity contribution >= 4 is 18.0 Å². The van der Waals surface area contributed by atoms with Gasteiger partial charge in [-0.25, -0.2) is 9.59 Å². The van der Waals surface area contributed by atoms with E-state index in [1.54, 1.807) is 0 Å². The van der Waals surface area contributed by atoms with Crippen molar-refractivity contribution in [1.29, 1.82) is 0 Å². The van der Waals surface area contributed by atoms with Crippen LogP contribution in [0.1, 0.15) is 42.7 Å². The highest BCUT2D eigenvalue weighted by Gasteiger charge is 2.40. The van der Waals surface area contributed by atoms with Crippen LogP contribution in [0.4, 0.5) is 13.6 Å². The number of carboxylic acids is 1. The smallest absolute Gasteiger partial charge is 0.407 e. The van der Waals surface area contributed by atoms with E-state index in [0.717, 1.165) is 22.3 Å². The number of halogens is 2. The highest BCUT2D eigenvalue weighted by atomic mass is 19.3. The van der Waals surface area contributed by atoms with Crippen molar-refractivity contribution in [3.63, 3.8) is 0 Å². The van der Waals surface area contributed by atoms with Gasteiger partial charge in [0.05, 0.1) is 6.54 Å². The number of rotatable bonds is 8. The van der Waals surface area contributed by atoms with Gasteiger partial charge in [0.2, 0.25) is 5.91 Å². The summed E-state index contributed by atoms with van der Waals surface area (Å²) in [6.45, 7) is -0.583. The van der Waals surface area contributed by atoms with Crippen LogP contribution in [-0.4, -0.2) is 48.7 Å². The van der Waals surface area contributed by atoms with Crippen molar-refractivity contribution in [3.8, 4) is 11.1 Å². The van der Waals surface area contributed by atoms with Crippen molar-refractivity contribution in [2.24, 2.45) is 11.8 Å². The van der Waals surface area contributed by atoms with Crippen LogP contribution in [0.15, 0.2) is 48.5 Å². The number of carboxylic acid groups (broad SMARTS) is 1. The van der Waals surface area contributed by atoms with Gasteiger partial charge in [-0.15, -0.1) is 0 Å². The molecule has 2 aliphatic rings. The Balaban J connectivity index is 1.20. The molecule has 4 rings (SSSR count). The zero-order valence-electron chi connectivity index (χ0n) is 19.1. The Morgan fingerprint density at radius 3 is 2.06 bits per heavy atom. The summed E-state index contributed by atoms with van der Waals surface area (Å²) in [5.74, 6) is -7.12. The quantitative estimate of drug-likeness (QED) is 0.520. The summed E-state index contributed by atoms with van der Waals surface area (Å²) in [6, 6.07) is 16.2. The SMILES string of the molecule is O=C(NCC1CCC(C(=O)NCC(F)(F)C(=O)O)CC1)OCC1c2ccccc2-c2ccccc21. The molecule has 0 radical (unpaired) electrons. The average Bonchev–Trinajstić information content (AvgIpc) is 3.18. The summed E-state index contributed by atoms with van der Waals surface area (Å²) in [6.07, 6.45) is 1.78. The molecular formula is C26H28F2N2O5. The zero-order valence-corrected chi connectivity index (χ0v) is 19.1. The summed E-state index contributed by atoms with van der Waals surface area (Å²) in [5, 5.41) is 13.3. The lowest BCUT2D eigenvalue weighted by Crippen LogP contribution is -2.44. The summed E-state index contributed by atoms with van der Waals surface area (Å²) < 4.78 is 31.8. The molecule has 2 aliphatic carbocycles. The standard InChI is InChI=1S/C26H28F2N2O5/c27-26(28,24(32)33)15-30-23(31)17-11-9-16(10-12-17)13-29-25(34)35-14-22-20-7-3-1-5-18(20)19-6-2-4-8-21(19)22/h1-8,16-17,22H,9-15H2,(H,29,34)(H,30,31)(H,32,33). The van der Waals surface area contributed by atoms with Crippen molar-refractivity contribution in [2.75, 3.05) is 19.7 Å². The molecule has 9 heteroatoms. The van der Waals surface area contributed by atoms with Gasteiger partial charge >= 0.3 is 18.0 Å². The van der Waals surface area contributed by atoms with E-state index in [1.165, 1.54) is 0 Å². The summed E-state index contributed by atoms with van der Waals surface area (Å²) in [5.41, 5.74) is 4.59. The minimum absolute atomic E-state index is 0.0180. The maximum Gasteiger partial charge on any atom is 0.407 e. The van der Waals surface area contributed by atoms with Crippen LogP contribution < -0.4 is 10.6 Å². The van der Waals surface area contributed by atoms with E-state index < -0.39 is 36.4 Å². The molecule has 0 spiro atoms. The Bertz CT molecular complexity index is 1050. The molecule has 0 heterocycles. The third kappa shape index (κ3) is 5.61. The molecule has 0 unspecified atom stereocenters. The number of benzene rings is 2. The van der Waals surface area contributed by atoms with E-state index in [1.807, 2.05) is 29.6 Å². The van der Waals surface area contributed by atoms with E-state index >= 15 is 0 Å². The van der Waals surface area contributed by atoms with Crippen LogP contribution in [0.25, 0.3) is 11.1 Å². The number of carbonyl (C=O) groups is 3. The second-order valence-corrected chi connectivity index (χ2v) is 9.15. The molecule has 2 aromatic rings. The van der Waals surface area contributed by atoms with Gasteiger partial charge in [0.1, 0.15) is 6.61 Å². The van der Waals surface area contributed by atoms with E-state index in [2.05, 4.69) is 29.6 Å². The molecule has 0 atom stereocenters. The van der Waals surface area contributed by atoms with Gasteiger partial charge in [0, 0.05) is 18.4 Å². The fraction of sp³-hybridized carbons (Fsp3) is 0.423. The Morgan fingerprint density at radius 2 is 1.49 bits per heavy atom. The van der Waals surface area contributed by atoms with Crippen LogP contribution in [-0.2, 0) is 14.3 Å². The van der Waals surface area contributed by atoms with Crippen molar-refractivity contribution in [1.82, 2.24) is 10.6 Å². The van der Waals surface area contributed by atoms with Crippen LogP contribution in [0.5, 0.6) is 0 Å². The van der Waals surface area contributed by atoms with Gasteiger partial charge in [-0.1, -0.05) is 48.5 Å². The number of ether oxygens (including phenoxy) is 1. The molecule has 1 fully saturated rings. The number of fused-ring (bicyclic) bond motifs is 3. The monoisotopic (exact) mass is 486 g/mol. The van der Waals surface area contributed by atoms with E-state index in [-0.39, 0.29) is 18.4 Å². The molecule has 3 N–H and O–H groups in total. The maximum absolute atomic E-state index is 13.2. The van der Waals surface area contributed by atoms with E-state index in [9.17, 15) is 23.2 Å². The second-order valence-electron chi connectivity index (χ2n) is 9.15. The van der Waals surface area contributed by atoms with E-state index in [4.69, 9.17) is 9.84 Å². The Hall–Kier alpha value is -3.49. The molecule has 2 aromatic carbocycles. The first-order chi connectivity index (χ1) is 16.8. The molecule has 0 aliphatic heterocycles. The second kappa shape index (κ2) is 10.4. The number of alkyl carbamates (subject to hydrolysis) is 1. The largest absolute Gasteiger partial charge is 0.477 e. The van der Waals surface area contributed by atoms with Gasteiger partial charge < -0.3 is 20.5 Å². The highest BCUT2D eigenvalue weighted by molar-refractivity contribution is 5.81. The predicted molar refractivity (Wildman–Crippen MR) is 124 cm³/mol. The van der Waals surface area contributed by atoms with Gasteiger partial charge in [-0.05, 0) is 53.9 Å². The molecular weight excluding hydrogens is 458 g/mol. The fourth-order valence-corrected chi connectivity index (χ4v) is 4.92. The first kappa shape index (κ1) is 24.6. The third-order valence-electron chi connectivity index (χ3n) is 6.89. The highest BCUT2D eigenvalue weighted by Crippen LogP contribution is 2.44. The normalized spacial score (nSPS) is 19.4. The number of hydrogen-bond donors (Lipinski definition) is 3. The molecule has 0 bridgehead atoms. The maximum atomic E-state index is 13.2. The molecule has 186 valence electrons. The zero-order chi connectivity index (χ0) is 25.0. The molecule has 1 saturated carbocycles. The molecule has 35 heavy (non-hydrogen) atoms. The van der Waals surface area contributed by atoms with Crippen molar-refractivity contribution < 1.29 is 33.0 Å². The number of carbonyl (C=O) groups excluding carboxylic acids is 2. The number of amides is 2. The Kier molecular flexibility index (Phi) is 7.33. The van der Waals surface area contributed by atoms with Gasteiger partial charge in [-0.3, -0.25) is 4.79 Å². The minimum atomic E-state index is -3.99. The molecule has 2 amide bonds. The number of nitrogens with one attached hydrogen (secondary N) is 2. The van der Waals surface area contributed by atoms with Gasteiger partial charge in [0.25, 0.3) is 0 Å². The minimum Gasteiger partial charge on any atom is -0.477 e. The average molecular weight is 487 g/mol. The lowest BCUT2D eigenvalue weighted by molar-refractivity contribution is -0.164. The van der Waals surface area contributed by atoms with Crippen LogP contribution in [0.2, 0.25) is 0 Å². The summed E-state index contributed by atoms with van der Waals surface area (Å²) in [7, 11) is 0. The fourth-order valence-electron chi connectivity index (χ4n) is 4.92. The van der Waals surface area contributed by atoms with Crippen LogP contribution >= 0.6 is 0 Å². The Morgan fingerprint density at radius 1 is 0.914 bits per heavy atom. The van der Waals surface area contributed by atoms with Crippen LogP contribution in [0.3, 0.4) is 0 Å². The number of aliphatic carboxylic acids is 1. The predicted octanol–water partition coefficient (Wildman–Crippen LogP) is 4.17. The third-order valence-corrected chi connectivity index (χ3v) is 6.89. The lowest BCUT2D eigenvalue weighted by Gasteiger charge is -2.28. The topological polar surface area (TPSA) is 105 Å². The van der Waals surface area contributed by atoms with Gasteiger partial charge in [-0.2, -0.15) is 8.78 Å². The molecule has 0 saturated heterocycles. The summed E-state index contributed by atoms with van der Waals surface area (Å²) in [4.78, 5) is 34.9. The van der Waals surface area contributed by atoms with Crippen molar-refractivity contribution in [3.05, 3.63) is 59.7 Å². The van der Waals surface area contributed by atoms with Gasteiger partial charge in [0.15, 0.2) is 0 Å². The summed E-state index contributed by atoms with van der Waals surface area (Å²) >= 11 is 0.